The summed E-state index contributed by atoms with van der Waals surface area (Å²) >= 11 is 6.20. The molecule has 0 unspecified atom stereocenters. The van der Waals surface area contributed by atoms with Gasteiger partial charge in [0.2, 0.25) is 0 Å². The largest absolute Gasteiger partial charge is 0.496 e. The number of fused-ring (bicyclic) bond motifs is 1. The minimum Gasteiger partial charge on any atom is -0.496 e. The lowest BCUT2D eigenvalue weighted by Crippen LogP contribution is -2.30. The summed E-state index contributed by atoms with van der Waals surface area (Å²) in [6.07, 6.45) is 2.55. The number of anilines is 1. The number of halogens is 1. The lowest BCUT2D eigenvalue weighted by molar-refractivity contribution is 0.102. The Morgan fingerprint density at radius 3 is 2.79 bits per heavy atom. The number of amides is 1. The molecule has 5 nitrogen and oxygen atoms in total. The standard InChI is InChI=1S/C18H19ClN2O3/c1-11-6-7-13(12(19)9-11)20-18(23)17-14-5-3-4-8-21(14)16(22)10-15(17)24-2/h6-7,9-10H,3-5,8H2,1-2H3,(H,20,23). The van der Waals surface area contributed by atoms with Crippen molar-refractivity contribution in [1.82, 2.24) is 4.57 Å². The van der Waals surface area contributed by atoms with E-state index in [0.717, 1.165) is 24.1 Å². The second-order valence-corrected chi connectivity index (χ2v) is 6.33. The molecule has 1 amide bonds. The van der Waals surface area contributed by atoms with Gasteiger partial charge in [0.1, 0.15) is 11.3 Å². The average molecular weight is 347 g/mol. The Kier molecular flexibility index (Phi) is 4.62. The quantitative estimate of drug-likeness (QED) is 0.926. The fraction of sp³-hybridized carbons (Fsp3) is 0.333. The van der Waals surface area contributed by atoms with Crippen LogP contribution in [0.15, 0.2) is 29.1 Å². The third-order valence-electron chi connectivity index (χ3n) is 4.25. The Morgan fingerprint density at radius 1 is 1.29 bits per heavy atom. The van der Waals surface area contributed by atoms with Crippen LogP contribution in [0.2, 0.25) is 5.02 Å². The zero-order valence-corrected chi connectivity index (χ0v) is 14.4. The van der Waals surface area contributed by atoms with E-state index in [9.17, 15) is 9.59 Å². The molecule has 0 spiro atoms. The van der Waals surface area contributed by atoms with Crippen molar-refractivity contribution in [1.29, 1.82) is 0 Å². The number of pyridine rings is 1. The molecular formula is C18H19ClN2O3. The van der Waals surface area contributed by atoms with Crippen molar-refractivity contribution in [2.24, 2.45) is 0 Å². The van der Waals surface area contributed by atoms with E-state index < -0.39 is 0 Å². The molecule has 2 aromatic rings. The fourth-order valence-electron chi connectivity index (χ4n) is 3.05. The number of methoxy groups -OCH3 is 1. The number of hydrogen-bond acceptors (Lipinski definition) is 3. The topological polar surface area (TPSA) is 60.3 Å². The van der Waals surface area contributed by atoms with Crippen LogP contribution in [0.25, 0.3) is 0 Å². The van der Waals surface area contributed by atoms with Crippen LogP contribution in [0.1, 0.15) is 34.5 Å². The summed E-state index contributed by atoms with van der Waals surface area (Å²) < 4.78 is 6.96. The van der Waals surface area contributed by atoms with Crippen molar-refractivity contribution in [3.63, 3.8) is 0 Å². The van der Waals surface area contributed by atoms with Crippen molar-refractivity contribution in [3.8, 4) is 5.75 Å². The SMILES string of the molecule is COc1cc(=O)n2c(c1C(=O)Nc1ccc(C)cc1Cl)CCCC2. The zero-order valence-electron chi connectivity index (χ0n) is 13.7. The fourth-order valence-corrected chi connectivity index (χ4v) is 3.33. The van der Waals surface area contributed by atoms with Crippen molar-refractivity contribution >= 4 is 23.2 Å². The van der Waals surface area contributed by atoms with Crippen molar-refractivity contribution in [2.45, 2.75) is 32.7 Å². The van der Waals surface area contributed by atoms with E-state index in [4.69, 9.17) is 16.3 Å². The third-order valence-corrected chi connectivity index (χ3v) is 4.56. The van der Waals surface area contributed by atoms with Gasteiger partial charge in [-0.05, 0) is 43.9 Å². The molecule has 1 aromatic heterocycles. The maximum absolute atomic E-state index is 12.8. The number of nitrogens with zero attached hydrogens (tertiary/aromatic N) is 1. The molecule has 0 aliphatic carbocycles. The summed E-state index contributed by atoms with van der Waals surface area (Å²) in [7, 11) is 1.46. The van der Waals surface area contributed by atoms with Gasteiger partial charge in [0.25, 0.3) is 11.5 Å². The van der Waals surface area contributed by atoms with Crippen LogP contribution < -0.4 is 15.6 Å². The molecule has 0 bridgehead atoms. The molecular weight excluding hydrogens is 328 g/mol. The van der Waals surface area contributed by atoms with Gasteiger partial charge in [0, 0.05) is 18.3 Å². The van der Waals surface area contributed by atoms with E-state index in [1.54, 1.807) is 16.7 Å². The van der Waals surface area contributed by atoms with Gasteiger partial charge in [0.15, 0.2) is 0 Å². The maximum Gasteiger partial charge on any atom is 0.261 e. The highest BCUT2D eigenvalue weighted by atomic mass is 35.5. The molecule has 1 aromatic carbocycles. The van der Waals surface area contributed by atoms with E-state index in [2.05, 4.69) is 5.32 Å². The van der Waals surface area contributed by atoms with Gasteiger partial charge in [-0.15, -0.1) is 0 Å². The molecule has 1 N–H and O–H groups in total. The number of ether oxygens (including phenoxy) is 1. The Morgan fingerprint density at radius 2 is 2.08 bits per heavy atom. The van der Waals surface area contributed by atoms with Gasteiger partial charge in [-0.25, -0.2) is 0 Å². The number of carbonyl (C=O) groups is 1. The van der Waals surface area contributed by atoms with Gasteiger partial charge >= 0.3 is 0 Å². The van der Waals surface area contributed by atoms with Crippen LogP contribution in [-0.2, 0) is 13.0 Å². The predicted molar refractivity (Wildman–Crippen MR) is 94.3 cm³/mol. The number of nitrogens with one attached hydrogen (secondary N) is 1. The molecule has 0 radical (unpaired) electrons. The monoisotopic (exact) mass is 346 g/mol. The average Bonchev–Trinajstić information content (AvgIpc) is 2.57. The Bertz CT molecular complexity index is 858. The van der Waals surface area contributed by atoms with Crippen LogP contribution in [0.5, 0.6) is 5.75 Å². The zero-order chi connectivity index (χ0) is 17.3. The smallest absolute Gasteiger partial charge is 0.261 e. The Labute approximate surface area is 145 Å². The van der Waals surface area contributed by atoms with E-state index in [0.29, 0.717) is 35.0 Å². The van der Waals surface area contributed by atoms with Crippen LogP contribution in [0, 0.1) is 6.92 Å². The first-order chi connectivity index (χ1) is 11.5. The molecule has 3 rings (SSSR count). The maximum atomic E-state index is 12.8. The molecule has 2 heterocycles. The molecule has 6 heteroatoms. The van der Waals surface area contributed by atoms with E-state index in [1.807, 2.05) is 13.0 Å². The summed E-state index contributed by atoms with van der Waals surface area (Å²) in [5.41, 5.74) is 2.56. The first-order valence-corrected chi connectivity index (χ1v) is 8.27. The molecule has 24 heavy (non-hydrogen) atoms. The first kappa shape index (κ1) is 16.6. The lowest BCUT2D eigenvalue weighted by Gasteiger charge is -2.22. The number of aryl methyl sites for hydroxylation is 1. The van der Waals surface area contributed by atoms with E-state index in [1.165, 1.54) is 13.2 Å². The number of carbonyl (C=O) groups excluding carboxylic acids is 1. The molecule has 1 aliphatic heterocycles. The molecule has 126 valence electrons. The first-order valence-electron chi connectivity index (χ1n) is 7.89. The van der Waals surface area contributed by atoms with Crippen LogP contribution >= 0.6 is 11.6 Å². The molecule has 1 aliphatic rings. The number of rotatable bonds is 3. The number of hydrogen-bond donors (Lipinski definition) is 1. The predicted octanol–water partition coefficient (Wildman–Crippen LogP) is 3.41. The highest BCUT2D eigenvalue weighted by molar-refractivity contribution is 6.34. The number of benzene rings is 1. The summed E-state index contributed by atoms with van der Waals surface area (Å²) in [5.74, 6) is -0.0165. The minimum atomic E-state index is -0.316. The van der Waals surface area contributed by atoms with Crippen molar-refractivity contribution in [2.75, 3.05) is 12.4 Å². The summed E-state index contributed by atoms with van der Waals surface area (Å²) in [4.78, 5) is 25.0. The molecule has 0 atom stereocenters. The van der Waals surface area contributed by atoms with E-state index >= 15 is 0 Å². The molecule has 0 saturated heterocycles. The van der Waals surface area contributed by atoms with E-state index in [-0.39, 0.29) is 11.5 Å². The third kappa shape index (κ3) is 3.04. The van der Waals surface area contributed by atoms with Crippen molar-refractivity contribution in [3.05, 3.63) is 56.5 Å². The minimum absolute atomic E-state index is 0.133. The molecule has 0 fully saturated rings. The highest BCUT2D eigenvalue weighted by Gasteiger charge is 2.24. The summed E-state index contributed by atoms with van der Waals surface area (Å²) in [6.45, 7) is 2.56. The summed E-state index contributed by atoms with van der Waals surface area (Å²) in [6, 6.07) is 6.81. The Hall–Kier alpha value is -2.27. The van der Waals surface area contributed by atoms with Crippen LogP contribution in [-0.4, -0.2) is 17.6 Å². The van der Waals surface area contributed by atoms with Crippen LogP contribution in [0.4, 0.5) is 5.69 Å². The second kappa shape index (κ2) is 6.69. The van der Waals surface area contributed by atoms with Crippen molar-refractivity contribution < 1.29 is 9.53 Å². The normalized spacial score (nSPS) is 13.3. The van der Waals surface area contributed by atoms with Crippen LogP contribution in [0.3, 0.4) is 0 Å². The lowest BCUT2D eigenvalue weighted by atomic mass is 10.0. The summed E-state index contributed by atoms with van der Waals surface area (Å²) in [5, 5.41) is 3.31. The van der Waals surface area contributed by atoms with Gasteiger partial charge in [0.05, 0.1) is 17.8 Å². The highest BCUT2D eigenvalue weighted by Crippen LogP contribution is 2.28. The van der Waals surface area contributed by atoms with Gasteiger partial charge in [-0.2, -0.15) is 0 Å². The van der Waals surface area contributed by atoms with Gasteiger partial charge in [-0.3, -0.25) is 9.59 Å². The van der Waals surface area contributed by atoms with Gasteiger partial charge in [-0.1, -0.05) is 17.7 Å². The van der Waals surface area contributed by atoms with Gasteiger partial charge < -0.3 is 14.6 Å². The number of aromatic nitrogens is 1. The molecule has 0 saturated carbocycles. The second-order valence-electron chi connectivity index (χ2n) is 5.92. The Balaban J connectivity index is 2.04.